The van der Waals surface area contributed by atoms with Crippen LogP contribution in [0.1, 0.15) is 34.1 Å². The maximum atomic E-state index is 7.26. The zero-order valence-electron chi connectivity index (χ0n) is 21.8. The molecule has 0 fully saturated rings. The van der Waals surface area contributed by atoms with Gasteiger partial charge in [-0.3, -0.25) is 0 Å². The Kier molecular flexibility index (Phi) is 9.22. The van der Waals surface area contributed by atoms with Gasteiger partial charge in [0.05, 0.1) is 28.4 Å². The average Bonchev–Trinajstić information content (AvgIpc) is 2.98. The summed E-state index contributed by atoms with van der Waals surface area (Å²) >= 11 is 14.5. The Morgan fingerprint density at radius 1 is 0.395 bits per heavy atom. The minimum atomic E-state index is -0.306. The highest BCUT2D eigenvalue weighted by molar-refractivity contribution is 6.40. The van der Waals surface area contributed by atoms with Crippen molar-refractivity contribution in [2.45, 2.75) is 11.8 Å². The minimum absolute atomic E-state index is 0.306. The lowest BCUT2D eigenvalue weighted by atomic mass is 9.85. The van der Waals surface area contributed by atoms with Gasteiger partial charge in [0, 0.05) is 21.9 Å². The van der Waals surface area contributed by atoms with Gasteiger partial charge < -0.3 is 18.9 Å². The lowest BCUT2D eigenvalue weighted by molar-refractivity contribution is 0.414. The van der Waals surface area contributed by atoms with Gasteiger partial charge in [0.2, 0.25) is 0 Å². The molecule has 0 bridgehead atoms. The van der Waals surface area contributed by atoms with E-state index in [9.17, 15) is 0 Å². The molecule has 4 rings (SSSR count). The van der Waals surface area contributed by atoms with Crippen molar-refractivity contribution in [1.82, 2.24) is 0 Å². The van der Waals surface area contributed by atoms with E-state index in [2.05, 4.69) is 0 Å². The highest BCUT2D eigenvalue weighted by Crippen LogP contribution is 2.45. The molecule has 4 aromatic carbocycles. The maximum absolute atomic E-state index is 7.26. The minimum Gasteiger partial charge on any atom is -0.497 e. The van der Waals surface area contributed by atoms with Crippen molar-refractivity contribution >= 4 is 23.2 Å². The van der Waals surface area contributed by atoms with Gasteiger partial charge >= 0.3 is 0 Å². The molecule has 0 radical (unpaired) electrons. The average molecular weight is 549 g/mol. The predicted octanol–water partition coefficient (Wildman–Crippen LogP) is 8.37. The SMILES string of the molecule is COc1ccc(C(/C(Cl)=C(\Cl)C(c2ccc(OC)cc2)c2ccc(OC)cc2)c2ccc(OC)cc2)cc1. The molecule has 0 atom stereocenters. The monoisotopic (exact) mass is 548 g/mol. The van der Waals surface area contributed by atoms with Crippen molar-refractivity contribution < 1.29 is 18.9 Å². The van der Waals surface area contributed by atoms with Crippen LogP contribution >= 0.6 is 23.2 Å². The Morgan fingerprint density at radius 2 is 0.579 bits per heavy atom. The topological polar surface area (TPSA) is 36.9 Å². The Labute approximate surface area is 234 Å². The first-order valence-electron chi connectivity index (χ1n) is 12.1. The van der Waals surface area contributed by atoms with Gasteiger partial charge in [0.25, 0.3) is 0 Å². The molecule has 4 aromatic rings. The fraction of sp³-hybridized carbons (Fsp3) is 0.188. The maximum Gasteiger partial charge on any atom is 0.118 e. The third kappa shape index (κ3) is 6.09. The van der Waals surface area contributed by atoms with Crippen LogP contribution in [0, 0.1) is 0 Å². The Hall–Kier alpha value is -3.60. The van der Waals surface area contributed by atoms with Crippen LogP contribution in [0.2, 0.25) is 0 Å². The van der Waals surface area contributed by atoms with Gasteiger partial charge in [-0.25, -0.2) is 0 Å². The van der Waals surface area contributed by atoms with Crippen molar-refractivity contribution in [2.24, 2.45) is 0 Å². The van der Waals surface area contributed by atoms with Crippen LogP contribution in [-0.2, 0) is 0 Å². The molecule has 0 heterocycles. The van der Waals surface area contributed by atoms with Crippen LogP contribution in [-0.4, -0.2) is 28.4 Å². The molecule has 0 unspecified atom stereocenters. The second-order valence-corrected chi connectivity index (χ2v) is 9.47. The van der Waals surface area contributed by atoms with Crippen molar-refractivity contribution in [3.63, 3.8) is 0 Å². The molecule has 0 amide bonds. The van der Waals surface area contributed by atoms with E-state index in [1.165, 1.54) is 0 Å². The predicted molar refractivity (Wildman–Crippen MR) is 154 cm³/mol. The molecule has 196 valence electrons. The van der Waals surface area contributed by atoms with Gasteiger partial charge in [-0.1, -0.05) is 71.7 Å². The summed E-state index contributed by atoms with van der Waals surface area (Å²) in [5.41, 5.74) is 3.95. The van der Waals surface area contributed by atoms with E-state index in [1.807, 2.05) is 97.1 Å². The molecule has 38 heavy (non-hydrogen) atoms. The summed E-state index contributed by atoms with van der Waals surface area (Å²) in [7, 11) is 6.59. The first-order chi connectivity index (χ1) is 18.5. The van der Waals surface area contributed by atoms with Crippen LogP contribution < -0.4 is 18.9 Å². The van der Waals surface area contributed by atoms with Crippen molar-refractivity contribution in [3.05, 3.63) is 129 Å². The molecule has 0 aromatic heterocycles. The number of benzene rings is 4. The Balaban J connectivity index is 1.88. The number of ether oxygens (including phenoxy) is 4. The molecule has 0 N–H and O–H groups in total. The van der Waals surface area contributed by atoms with E-state index in [0.717, 1.165) is 45.3 Å². The standard InChI is InChI=1S/C32H30Cl2O4/c1-35-25-13-5-21(6-14-25)29(22-7-15-26(36-2)16-8-22)31(33)32(34)30(23-9-17-27(37-3)18-10-23)24-11-19-28(38-4)20-12-24/h5-20,29-30H,1-4H3/b32-31+. The molecular formula is C32H30Cl2O4. The summed E-state index contributed by atoms with van der Waals surface area (Å²) in [4.78, 5) is 0. The molecule has 4 nitrogen and oxygen atoms in total. The Morgan fingerprint density at radius 3 is 0.737 bits per heavy atom. The van der Waals surface area contributed by atoms with Crippen molar-refractivity contribution in [1.29, 1.82) is 0 Å². The van der Waals surface area contributed by atoms with E-state index in [4.69, 9.17) is 42.1 Å². The molecule has 0 saturated heterocycles. The summed E-state index contributed by atoms with van der Waals surface area (Å²) in [6.07, 6.45) is 0. The van der Waals surface area contributed by atoms with Gasteiger partial charge in [-0.15, -0.1) is 0 Å². The van der Waals surface area contributed by atoms with E-state index < -0.39 is 0 Å². The summed E-state index contributed by atoms with van der Waals surface area (Å²) in [6, 6.07) is 31.5. The number of rotatable bonds is 10. The number of hydrogen-bond acceptors (Lipinski definition) is 4. The van der Waals surface area contributed by atoms with Crippen molar-refractivity contribution in [3.8, 4) is 23.0 Å². The summed E-state index contributed by atoms with van der Waals surface area (Å²) < 4.78 is 21.5. The molecule has 0 aliphatic heterocycles. The van der Waals surface area contributed by atoms with E-state index in [1.54, 1.807) is 28.4 Å². The van der Waals surface area contributed by atoms with E-state index in [0.29, 0.717) is 10.1 Å². The van der Waals surface area contributed by atoms with Crippen LogP contribution in [0.5, 0.6) is 23.0 Å². The third-order valence-corrected chi connectivity index (χ3v) is 7.47. The zero-order chi connectivity index (χ0) is 27.1. The molecule has 0 saturated carbocycles. The quantitative estimate of drug-likeness (QED) is 0.199. The lowest BCUT2D eigenvalue weighted by Gasteiger charge is -2.24. The number of allylic oxidation sites excluding steroid dienone is 2. The summed E-state index contributed by atoms with van der Waals surface area (Å²) in [5.74, 6) is 2.45. The van der Waals surface area contributed by atoms with E-state index >= 15 is 0 Å². The Bertz CT molecular complexity index is 1140. The number of hydrogen-bond donors (Lipinski definition) is 0. The van der Waals surface area contributed by atoms with Crippen LogP contribution in [0.15, 0.2) is 107 Å². The van der Waals surface area contributed by atoms with Gasteiger partial charge in [-0.05, 0) is 70.8 Å². The highest BCUT2D eigenvalue weighted by Gasteiger charge is 2.27. The normalized spacial score (nSPS) is 11.8. The summed E-state index contributed by atoms with van der Waals surface area (Å²) in [5, 5.41) is 1.05. The molecule has 0 spiro atoms. The molecule has 6 heteroatoms. The fourth-order valence-electron chi connectivity index (χ4n) is 4.43. The second kappa shape index (κ2) is 12.8. The van der Waals surface area contributed by atoms with Crippen LogP contribution in [0.3, 0.4) is 0 Å². The molecule has 0 aliphatic carbocycles. The van der Waals surface area contributed by atoms with Gasteiger partial charge in [0.15, 0.2) is 0 Å². The second-order valence-electron chi connectivity index (χ2n) is 8.65. The number of halogens is 2. The third-order valence-electron chi connectivity index (χ3n) is 6.53. The number of methoxy groups -OCH3 is 4. The van der Waals surface area contributed by atoms with Crippen LogP contribution in [0.4, 0.5) is 0 Å². The fourth-order valence-corrected chi connectivity index (χ4v) is 5.15. The van der Waals surface area contributed by atoms with Gasteiger partial charge in [0.1, 0.15) is 23.0 Å². The molecular weight excluding hydrogens is 519 g/mol. The van der Waals surface area contributed by atoms with Crippen LogP contribution in [0.25, 0.3) is 0 Å². The van der Waals surface area contributed by atoms with E-state index in [-0.39, 0.29) is 11.8 Å². The first-order valence-corrected chi connectivity index (χ1v) is 12.9. The smallest absolute Gasteiger partial charge is 0.118 e. The largest absolute Gasteiger partial charge is 0.497 e. The highest BCUT2D eigenvalue weighted by atomic mass is 35.5. The summed E-state index contributed by atoms with van der Waals surface area (Å²) in [6.45, 7) is 0. The molecule has 0 aliphatic rings. The first kappa shape index (κ1) is 27.4. The lowest BCUT2D eigenvalue weighted by Crippen LogP contribution is -2.08. The van der Waals surface area contributed by atoms with Gasteiger partial charge in [-0.2, -0.15) is 0 Å². The van der Waals surface area contributed by atoms with Crippen molar-refractivity contribution in [2.75, 3.05) is 28.4 Å². The zero-order valence-corrected chi connectivity index (χ0v) is 23.3.